The molecule has 1 saturated heterocycles. The van der Waals surface area contributed by atoms with E-state index in [1.807, 2.05) is 23.1 Å². The van der Waals surface area contributed by atoms with E-state index in [9.17, 15) is 8.42 Å². The van der Waals surface area contributed by atoms with E-state index in [-0.39, 0.29) is 10.5 Å². The highest BCUT2D eigenvalue weighted by molar-refractivity contribution is 7.89. The predicted octanol–water partition coefficient (Wildman–Crippen LogP) is 1.31. The molecule has 0 saturated carbocycles. The fourth-order valence-electron chi connectivity index (χ4n) is 3.35. The molecule has 0 aliphatic carbocycles. The number of nitrogens with two attached hydrogens (primary N) is 1. The van der Waals surface area contributed by atoms with E-state index < -0.39 is 10.0 Å². The monoisotopic (exact) mass is 331 g/mol. The highest BCUT2D eigenvalue weighted by Gasteiger charge is 2.48. The second kappa shape index (κ2) is 4.94. The Hall–Kier alpha value is -2.12. The van der Waals surface area contributed by atoms with Crippen LogP contribution in [-0.4, -0.2) is 32.1 Å². The van der Waals surface area contributed by atoms with E-state index in [2.05, 4.69) is 11.1 Å². The van der Waals surface area contributed by atoms with Crippen molar-refractivity contribution in [3.05, 3.63) is 48.3 Å². The lowest BCUT2D eigenvalue weighted by molar-refractivity contribution is 0.0183. The Morgan fingerprint density at radius 3 is 2.78 bits per heavy atom. The van der Waals surface area contributed by atoms with Crippen LogP contribution in [0.1, 0.15) is 12.0 Å². The number of anilines is 1. The number of sulfonamides is 1. The Bertz CT molecular complexity index is 860. The second-order valence-electron chi connectivity index (χ2n) is 6.14. The molecule has 2 aliphatic heterocycles. The van der Waals surface area contributed by atoms with Crippen LogP contribution in [0, 0.1) is 0 Å². The average molecular weight is 331 g/mol. The second-order valence-corrected chi connectivity index (χ2v) is 7.67. The first kappa shape index (κ1) is 14.5. The molecule has 0 atom stereocenters. The summed E-state index contributed by atoms with van der Waals surface area (Å²) >= 11 is 0. The van der Waals surface area contributed by atoms with Gasteiger partial charge in [0.15, 0.2) is 0 Å². The Labute approximate surface area is 134 Å². The Morgan fingerprint density at radius 1 is 1.22 bits per heavy atom. The van der Waals surface area contributed by atoms with Crippen LogP contribution in [0.15, 0.2) is 47.6 Å². The zero-order chi connectivity index (χ0) is 16.1. The van der Waals surface area contributed by atoms with Crippen molar-refractivity contribution < 1.29 is 13.2 Å². The number of fused-ring (bicyclic) bond motifs is 1. The number of hydrogen-bond acceptors (Lipinski definition) is 5. The smallest absolute Gasteiger partial charge is 0.241 e. The molecule has 2 N–H and O–H groups in total. The number of benzene rings is 1. The molecule has 0 unspecified atom stereocenters. The van der Waals surface area contributed by atoms with E-state index in [1.54, 1.807) is 12.3 Å². The number of nitrogens with zero attached hydrogens (tertiary/aromatic N) is 2. The first-order valence-corrected chi connectivity index (χ1v) is 9.00. The van der Waals surface area contributed by atoms with Gasteiger partial charge in [-0.05, 0) is 30.5 Å². The molecule has 0 amide bonds. The molecular weight excluding hydrogens is 314 g/mol. The molecule has 4 rings (SSSR count). The van der Waals surface area contributed by atoms with Gasteiger partial charge in [0.05, 0.1) is 18.8 Å². The van der Waals surface area contributed by atoms with E-state index >= 15 is 0 Å². The molecule has 0 bridgehead atoms. The zero-order valence-electron chi connectivity index (χ0n) is 12.5. The number of pyridine rings is 1. The van der Waals surface area contributed by atoms with Crippen LogP contribution in [-0.2, 0) is 16.4 Å². The standard InChI is InChI=1S/C16H17N3O3S/c17-23(20,21)15-9-18-8-6-13(15)19-10-16(11-19)7-5-12-3-1-2-4-14(12)22-16/h1-4,6,8-9H,5,7,10-11H2,(H2,17,20,21). The van der Waals surface area contributed by atoms with Crippen molar-refractivity contribution in [1.82, 2.24) is 4.98 Å². The number of aromatic nitrogens is 1. The number of hydrogen-bond donors (Lipinski definition) is 1. The van der Waals surface area contributed by atoms with Gasteiger partial charge < -0.3 is 9.64 Å². The molecule has 7 heteroatoms. The largest absolute Gasteiger partial charge is 0.483 e. The highest BCUT2D eigenvalue weighted by Crippen LogP contribution is 2.41. The van der Waals surface area contributed by atoms with Gasteiger partial charge in [-0.1, -0.05) is 18.2 Å². The van der Waals surface area contributed by atoms with Gasteiger partial charge in [0.25, 0.3) is 0 Å². The van der Waals surface area contributed by atoms with Crippen molar-refractivity contribution in [2.75, 3.05) is 18.0 Å². The molecular formula is C16H17N3O3S. The van der Waals surface area contributed by atoms with Crippen LogP contribution < -0.4 is 14.8 Å². The zero-order valence-corrected chi connectivity index (χ0v) is 13.3. The lowest BCUT2D eigenvalue weighted by atomic mass is 9.84. The normalized spacial score (nSPS) is 18.9. The number of primary sulfonamides is 1. The van der Waals surface area contributed by atoms with Gasteiger partial charge in [-0.15, -0.1) is 0 Å². The van der Waals surface area contributed by atoms with Gasteiger partial charge in [0.1, 0.15) is 16.2 Å². The topological polar surface area (TPSA) is 85.5 Å². The van der Waals surface area contributed by atoms with Gasteiger partial charge in [0, 0.05) is 12.4 Å². The SMILES string of the molecule is NS(=O)(=O)c1cnccc1N1CC2(CCc3ccccc3O2)C1. The molecule has 2 aliphatic rings. The third-order valence-electron chi connectivity index (χ3n) is 4.52. The molecule has 3 heterocycles. The molecule has 0 radical (unpaired) electrons. The van der Waals surface area contributed by atoms with Crippen LogP contribution in [0.25, 0.3) is 0 Å². The van der Waals surface area contributed by atoms with Gasteiger partial charge in [-0.2, -0.15) is 0 Å². The number of aryl methyl sites for hydroxylation is 1. The summed E-state index contributed by atoms with van der Waals surface area (Å²) in [6.07, 6.45) is 4.78. The average Bonchev–Trinajstić information content (AvgIpc) is 2.51. The maximum atomic E-state index is 11.7. The van der Waals surface area contributed by atoms with Crippen LogP contribution >= 0.6 is 0 Å². The van der Waals surface area contributed by atoms with E-state index in [1.165, 1.54) is 11.8 Å². The summed E-state index contributed by atoms with van der Waals surface area (Å²) in [6, 6.07) is 9.74. The summed E-state index contributed by atoms with van der Waals surface area (Å²) in [7, 11) is -3.79. The van der Waals surface area contributed by atoms with Crippen molar-refractivity contribution in [2.24, 2.45) is 5.14 Å². The first-order valence-electron chi connectivity index (χ1n) is 7.46. The summed E-state index contributed by atoms with van der Waals surface area (Å²) in [5, 5.41) is 5.28. The fourth-order valence-corrected chi connectivity index (χ4v) is 4.05. The van der Waals surface area contributed by atoms with Crippen molar-refractivity contribution in [3.63, 3.8) is 0 Å². The minimum absolute atomic E-state index is 0.0612. The van der Waals surface area contributed by atoms with Crippen molar-refractivity contribution in [1.29, 1.82) is 0 Å². The lowest BCUT2D eigenvalue weighted by Gasteiger charge is -2.53. The summed E-state index contributed by atoms with van der Waals surface area (Å²) in [6.45, 7) is 1.29. The summed E-state index contributed by atoms with van der Waals surface area (Å²) in [4.78, 5) is 5.91. The van der Waals surface area contributed by atoms with Crippen molar-refractivity contribution in [2.45, 2.75) is 23.3 Å². The van der Waals surface area contributed by atoms with Crippen molar-refractivity contribution >= 4 is 15.7 Å². The van der Waals surface area contributed by atoms with Gasteiger partial charge in [-0.25, -0.2) is 13.6 Å². The molecule has 1 spiro atoms. The number of para-hydroxylation sites is 1. The van der Waals surface area contributed by atoms with Crippen molar-refractivity contribution in [3.8, 4) is 5.75 Å². The van der Waals surface area contributed by atoms with E-state index in [4.69, 9.17) is 9.88 Å². The quantitative estimate of drug-likeness (QED) is 0.897. The molecule has 23 heavy (non-hydrogen) atoms. The minimum atomic E-state index is -3.79. The molecule has 1 aromatic heterocycles. The fraction of sp³-hybridized carbons (Fsp3) is 0.312. The summed E-state index contributed by atoms with van der Waals surface area (Å²) in [5.74, 6) is 0.930. The van der Waals surface area contributed by atoms with Gasteiger partial charge in [-0.3, -0.25) is 4.98 Å². The van der Waals surface area contributed by atoms with E-state index in [0.29, 0.717) is 18.8 Å². The number of ether oxygens (including phenoxy) is 1. The molecule has 1 fully saturated rings. The predicted molar refractivity (Wildman–Crippen MR) is 85.9 cm³/mol. The van der Waals surface area contributed by atoms with Crippen LogP contribution in [0.2, 0.25) is 0 Å². The van der Waals surface area contributed by atoms with Crippen LogP contribution in [0.4, 0.5) is 5.69 Å². The first-order chi connectivity index (χ1) is 11.0. The molecule has 1 aromatic carbocycles. The third kappa shape index (κ3) is 2.46. The molecule has 120 valence electrons. The minimum Gasteiger partial charge on any atom is -0.483 e. The Balaban J connectivity index is 1.58. The van der Waals surface area contributed by atoms with Crippen LogP contribution in [0.3, 0.4) is 0 Å². The number of rotatable bonds is 2. The summed E-state index contributed by atoms with van der Waals surface area (Å²) in [5.41, 5.74) is 1.58. The highest BCUT2D eigenvalue weighted by atomic mass is 32.2. The van der Waals surface area contributed by atoms with E-state index in [0.717, 1.165) is 18.6 Å². The van der Waals surface area contributed by atoms with Crippen LogP contribution in [0.5, 0.6) is 5.75 Å². The van der Waals surface area contributed by atoms with Gasteiger partial charge in [0.2, 0.25) is 10.0 Å². The molecule has 6 nitrogen and oxygen atoms in total. The Kier molecular flexibility index (Phi) is 3.11. The Morgan fingerprint density at radius 2 is 2.00 bits per heavy atom. The maximum Gasteiger partial charge on any atom is 0.241 e. The summed E-state index contributed by atoms with van der Waals surface area (Å²) < 4.78 is 29.6. The maximum absolute atomic E-state index is 11.7. The lowest BCUT2D eigenvalue weighted by Crippen LogP contribution is -2.66. The third-order valence-corrected chi connectivity index (χ3v) is 5.44. The molecule has 2 aromatic rings. The van der Waals surface area contributed by atoms with Gasteiger partial charge >= 0.3 is 0 Å².